The second-order valence-corrected chi connectivity index (χ2v) is 8.11. The molecule has 3 aromatic rings. The number of nitrogens with one attached hydrogen (secondary N) is 2. The monoisotopic (exact) mass is 480 g/mol. The number of carbonyl (C=O) groups excluding carboxylic acids is 2. The SMILES string of the molecule is C=O.CN.COc1ccc(Cl)c(-c2cc3[nH]c(=O)n(C4CCCNC(=O)C4)c(=O)c3s2)c1. The average molecular weight is 481 g/mol. The van der Waals surface area contributed by atoms with Crippen LogP contribution in [0.25, 0.3) is 20.7 Å². The Morgan fingerprint density at radius 2 is 1.94 bits per heavy atom. The van der Waals surface area contributed by atoms with E-state index in [0.717, 1.165) is 16.9 Å². The summed E-state index contributed by atoms with van der Waals surface area (Å²) < 4.78 is 6.86. The molecule has 0 aliphatic carbocycles. The highest BCUT2D eigenvalue weighted by molar-refractivity contribution is 7.22. The van der Waals surface area contributed by atoms with E-state index in [2.05, 4.69) is 16.0 Å². The number of hydrogen-bond acceptors (Lipinski definition) is 7. The summed E-state index contributed by atoms with van der Waals surface area (Å²) in [5.41, 5.74) is 4.80. The molecule has 1 amide bonds. The summed E-state index contributed by atoms with van der Waals surface area (Å²) >= 11 is 7.58. The van der Waals surface area contributed by atoms with Crippen LogP contribution in [-0.4, -0.2) is 42.9 Å². The zero-order valence-electron chi connectivity index (χ0n) is 17.8. The lowest BCUT2D eigenvalue weighted by Gasteiger charge is -2.14. The third kappa shape index (κ3) is 5.26. The van der Waals surface area contributed by atoms with Crippen LogP contribution in [0.15, 0.2) is 33.9 Å². The molecule has 1 aliphatic heterocycles. The molecule has 11 heteroatoms. The summed E-state index contributed by atoms with van der Waals surface area (Å²) in [6.45, 7) is 2.56. The second kappa shape index (κ2) is 11.6. The number of aromatic nitrogens is 2. The molecule has 32 heavy (non-hydrogen) atoms. The van der Waals surface area contributed by atoms with Crippen molar-refractivity contribution in [2.75, 3.05) is 20.7 Å². The van der Waals surface area contributed by atoms with E-state index >= 15 is 0 Å². The Morgan fingerprint density at radius 1 is 1.22 bits per heavy atom. The molecule has 172 valence electrons. The Hall–Kier alpha value is -2.95. The molecule has 2 aromatic heterocycles. The van der Waals surface area contributed by atoms with Crippen molar-refractivity contribution in [3.63, 3.8) is 0 Å². The minimum Gasteiger partial charge on any atom is -0.497 e. The number of benzene rings is 1. The predicted octanol–water partition coefficient (Wildman–Crippen LogP) is 2.31. The van der Waals surface area contributed by atoms with Gasteiger partial charge in [0.2, 0.25) is 5.91 Å². The zero-order chi connectivity index (χ0) is 23.8. The molecule has 1 saturated heterocycles. The molecule has 0 radical (unpaired) electrons. The summed E-state index contributed by atoms with van der Waals surface area (Å²) in [6.07, 6.45) is 1.43. The normalized spacial score (nSPS) is 15.5. The van der Waals surface area contributed by atoms with Crippen molar-refractivity contribution in [2.24, 2.45) is 5.73 Å². The van der Waals surface area contributed by atoms with E-state index in [9.17, 15) is 14.4 Å². The Bertz CT molecular complexity index is 1200. The fourth-order valence-electron chi connectivity index (χ4n) is 3.48. The van der Waals surface area contributed by atoms with Gasteiger partial charge >= 0.3 is 5.69 Å². The topological polar surface area (TPSA) is 136 Å². The predicted molar refractivity (Wildman–Crippen MR) is 127 cm³/mol. The van der Waals surface area contributed by atoms with Crippen molar-refractivity contribution in [1.82, 2.24) is 14.9 Å². The average Bonchev–Trinajstić information content (AvgIpc) is 3.11. The maximum atomic E-state index is 13.1. The first kappa shape index (κ1) is 25.3. The van der Waals surface area contributed by atoms with E-state index in [-0.39, 0.29) is 17.9 Å². The number of halogens is 1. The van der Waals surface area contributed by atoms with E-state index in [1.807, 2.05) is 6.79 Å². The van der Waals surface area contributed by atoms with Crippen molar-refractivity contribution in [3.05, 3.63) is 50.1 Å². The minimum absolute atomic E-state index is 0.119. The molecule has 3 heterocycles. The number of aromatic amines is 1. The Kier molecular flexibility index (Phi) is 9.18. The van der Waals surface area contributed by atoms with Crippen LogP contribution in [0.1, 0.15) is 25.3 Å². The molecule has 1 aliphatic rings. The first-order valence-electron chi connectivity index (χ1n) is 9.73. The quantitative estimate of drug-likeness (QED) is 0.526. The third-order valence-electron chi connectivity index (χ3n) is 4.87. The van der Waals surface area contributed by atoms with E-state index < -0.39 is 11.7 Å². The number of hydrogen-bond donors (Lipinski definition) is 3. The van der Waals surface area contributed by atoms with Crippen molar-refractivity contribution < 1.29 is 14.3 Å². The van der Waals surface area contributed by atoms with Gasteiger partial charge in [0.25, 0.3) is 5.56 Å². The van der Waals surface area contributed by atoms with E-state index in [1.165, 1.54) is 23.0 Å². The highest BCUT2D eigenvalue weighted by Gasteiger charge is 2.24. The number of H-pyrrole nitrogens is 1. The number of rotatable bonds is 3. The van der Waals surface area contributed by atoms with Crippen LogP contribution >= 0.6 is 22.9 Å². The summed E-state index contributed by atoms with van der Waals surface area (Å²) in [5.74, 6) is 0.496. The first-order chi connectivity index (χ1) is 15.5. The number of carbonyl (C=O) groups is 2. The summed E-state index contributed by atoms with van der Waals surface area (Å²) in [6, 6.07) is 6.57. The van der Waals surface area contributed by atoms with Crippen LogP contribution in [0.2, 0.25) is 5.02 Å². The summed E-state index contributed by atoms with van der Waals surface area (Å²) in [7, 11) is 3.07. The van der Waals surface area contributed by atoms with Crippen LogP contribution < -0.4 is 27.0 Å². The van der Waals surface area contributed by atoms with Crippen LogP contribution in [0, 0.1) is 0 Å². The van der Waals surface area contributed by atoms with Crippen LogP contribution in [0.4, 0.5) is 0 Å². The Labute approximate surface area is 193 Å². The van der Waals surface area contributed by atoms with Gasteiger partial charge in [-0.05, 0) is 44.2 Å². The third-order valence-corrected chi connectivity index (χ3v) is 6.35. The van der Waals surface area contributed by atoms with Gasteiger partial charge in [0, 0.05) is 28.4 Å². The number of nitrogens with zero attached hydrogens (tertiary/aromatic N) is 1. The molecule has 9 nitrogen and oxygen atoms in total. The molecule has 1 fully saturated rings. The van der Waals surface area contributed by atoms with E-state index in [1.54, 1.807) is 31.4 Å². The number of ether oxygens (including phenoxy) is 1. The number of thiophene rings is 1. The van der Waals surface area contributed by atoms with Crippen molar-refractivity contribution >= 4 is 45.9 Å². The summed E-state index contributed by atoms with van der Waals surface area (Å²) in [5, 5.41) is 3.30. The van der Waals surface area contributed by atoms with Crippen molar-refractivity contribution in [1.29, 1.82) is 0 Å². The molecule has 1 atom stereocenters. The van der Waals surface area contributed by atoms with Crippen molar-refractivity contribution in [2.45, 2.75) is 25.3 Å². The Morgan fingerprint density at radius 3 is 2.62 bits per heavy atom. The fourth-order valence-corrected chi connectivity index (χ4v) is 4.83. The van der Waals surface area contributed by atoms with Crippen LogP contribution in [0.5, 0.6) is 5.75 Å². The van der Waals surface area contributed by atoms with Gasteiger partial charge in [-0.25, -0.2) is 4.79 Å². The van der Waals surface area contributed by atoms with Crippen molar-refractivity contribution in [3.8, 4) is 16.2 Å². The van der Waals surface area contributed by atoms with Gasteiger partial charge in [-0.15, -0.1) is 11.3 Å². The fraction of sp³-hybridized carbons (Fsp3) is 0.333. The zero-order valence-corrected chi connectivity index (χ0v) is 19.3. The minimum atomic E-state index is -0.502. The van der Waals surface area contributed by atoms with Crippen LogP contribution in [0.3, 0.4) is 0 Å². The van der Waals surface area contributed by atoms with Gasteiger partial charge in [0.15, 0.2) is 0 Å². The Balaban J connectivity index is 0.000000860. The molecule has 4 rings (SSSR count). The molecule has 4 N–H and O–H groups in total. The molecular formula is C21H25ClN4O5S. The summed E-state index contributed by atoms with van der Waals surface area (Å²) in [4.78, 5) is 49.1. The lowest BCUT2D eigenvalue weighted by molar-refractivity contribution is -0.121. The molecule has 1 aromatic carbocycles. The molecule has 1 unspecified atom stereocenters. The number of methoxy groups -OCH3 is 1. The number of fused-ring (bicyclic) bond motifs is 1. The van der Waals surface area contributed by atoms with E-state index in [4.69, 9.17) is 21.1 Å². The standard InChI is InChI=1S/C19H18ClN3O4S.CH5N.CH2O/c1-27-11-4-5-13(20)12(8-11)15-9-14-17(28-15)18(25)23(19(26)22-14)10-3-2-6-21-16(24)7-10;2*1-2/h4-5,8-10H,2-3,6-7H2,1H3,(H,21,24)(H,22,26);2H2,1H3;1H2. The second-order valence-electron chi connectivity index (χ2n) is 6.65. The largest absolute Gasteiger partial charge is 0.497 e. The molecule has 0 bridgehead atoms. The maximum Gasteiger partial charge on any atom is 0.329 e. The van der Waals surface area contributed by atoms with Gasteiger partial charge < -0.3 is 25.6 Å². The lowest BCUT2D eigenvalue weighted by atomic mass is 10.1. The highest BCUT2D eigenvalue weighted by Crippen LogP contribution is 2.37. The van der Waals surface area contributed by atoms with Gasteiger partial charge in [-0.1, -0.05) is 11.6 Å². The van der Waals surface area contributed by atoms with E-state index in [0.29, 0.717) is 34.0 Å². The number of amides is 1. The molecule has 0 saturated carbocycles. The smallest absolute Gasteiger partial charge is 0.329 e. The number of nitrogens with two attached hydrogens (primary N) is 1. The molecule has 0 spiro atoms. The van der Waals surface area contributed by atoms with Gasteiger partial charge in [-0.2, -0.15) is 0 Å². The lowest BCUT2D eigenvalue weighted by Crippen LogP contribution is -2.38. The van der Waals surface area contributed by atoms with Gasteiger partial charge in [0.05, 0.1) is 18.7 Å². The molecular weight excluding hydrogens is 456 g/mol. The first-order valence-corrected chi connectivity index (χ1v) is 10.9. The highest BCUT2D eigenvalue weighted by atomic mass is 35.5. The van der Waals surface area contributed by atoms with Crippen LogP contribution in [-0.2, 0) is 9.59 Å². The maximum absolute atomic E-state index is 13.1. The van der Waals surface area contributed by atoms with Gasteiger partial charge in [-0.3, -0.25) is 14.2 Å². The van der Waals surface area contributed by atoms with Gasteiger partial charge in [0.1, 0.15) is 17.2 Å².